The van der Waals surface area contributed by atoms with Gasteiger partial charge in [-0.15, -0.1) is 0 Å². The van der Waals surface area contributed by atoms with Crippen LogP contribution in [0, 0.1) is 12.8 Å². The first-order chi connectivity index (χ1) is 14.6. The minimum Gasteiger partial charge on any atom is -0.493 e. The number of nitrogens with zero attached hydrogens (tertiary/aromatic N) is 2. The third kappa shape index (κ3) is 6.24. The Morgan fingerprint density at radius 1 is 1.30 bits per heavy atom. The molecule has 1 aliphatic rings. The first kappa shape index (κ1) is 22.2. The zero-order chi connectivity index (χ0) is 21.3. The van der Waals surface area contributed by atoms with Crippen molar-refractivity contribution in [2.45, 2.75) is 25.9 Å². The molecule has 0 amide bonds. The van der Waals surface area contributed by atoms with Crippen molar-refractivity contribution in [1.82, 2.24) is 15.5 Å². The van der Waals surface area contributed by atoms with Crippen molar-refractivity contribution in [3.8, 4) is 5.75 Å². The van der Waals surface area contributed by atoms with E-state index in [9.17, 15) is 0 Å². The minimum absolute atomic E-state index is 0.116. The predicted octanol–water partition coefficient (Wildman–Crippen LogP) is 2.97. The summed E-state index contributed by atoms with van der Waals surface area (Å²) in [5.74, 6) is 3.06. The summed E-state index contributed by atoms with van der Waals surface area (Å²) < 4.78 is 17.2. The summed E-state index contributed by atoms with van der Waals surface area (Å²) in [6, 6.07) is 10.3. The number of aryl methyl sites for hydroxylation is 1. The molecule has 1 aromatic heterocycles. The molecular formula is C23H34N4O3. The average molecular weight is 415 g/mol. The van der Waals surface area contributed by atoms with Gasteiger partial charge in [0, 0.05) is 38.2 Å². The van der Waals surface area contributed by atoms with Crippen molar-refractivity contribution in [3.05, 3.63) is 53.5 Å². The van der Waals surface area contributed by atoms with Crippen LogP contribution in [-0.4, -0.2) is 58.4 Å². The summed E-state index contributed by atoms with van der Waals surface area (Å²) in [4.78, 5) is 6.48. The Labute approximate surface area is 179 Å². The van der Waals surface area contributed by atoms with Crippen LogP contribution in [0.1, 0.15) is 29.3 Å². The van der Waals surface area contributed by atoms with E-state index in [-0.39, 0.29) is 6.04 Å². The van der Waals surface area contributed by atoms with Gasteiger partial charge in [-0.05, 0) is 51.2 Å². The second-order valence-corrected chi connectivity index (χ2v) is 7.95. The Bertz CT molecular complexity index is 799. The molecule has 1 saturated heterocycles. The first-order valence-corrected chi connectivity index (χ1v) is 10.5. The predicted molar refractivity (Wildman–Crippen MR) is 119 cm³/mol. The second kappa shape index (κ2) is 11.0. The maximum Gasteiger partial charge on any atom is 0.191 e. The van der Waals surface area contributed by atoms with Gasteiger partial charge in [0.15, 0.2) is 5.96 Å². The number of benzene rings is 1. The molecule has 2 unspecified atom stereocenters. The van der Waals surface area contributed by atoms with Gasteiger partial charge < -0.3 is 24.5 Å². The van der Waals surface area contributed by atoms with Crippen LogP contribution in [0.5, 0.6) is 5.75 Å². The van der Waals surface area contributed by atoms with Crippen LogP contribution in [0.3, 0.4) is 0 Å². The molecule has 1 aromatic carbocycles. The van der Waals surface area contributed by atoms with Crippen molar-refractivity contribution < 1.29 is 13.9 Å². The number of furan rings is 1. The number of rotatable bonds is 9. The third-order valence-electron chi connectivity index (χ3n) is 5.35. The normalized spacial score (nSPS) is 17.9. The van der Waals surface area contributed by atoms with E-state index in [1.807, 2.05) is 26.2 Å². The van der Waals surface area contributed by atoms with Crippen LogP contribution >= 0.6 is 0 Å². The molecule has 3 rings (SSSR count). The summed E-state index contributed by atoms with van der Waals surface area (Å²) in [5, 5.41) is 6.80. The van der Waals surface area contributed by atoms with Crippen LogP contribution < -0.4 is 15.4 Å². The lowest BCUT2D eigenvalue weighted by atomic mass is 10.1. The summed E-state index contributed by atoms with van der Waals surface area (Å²) in [6.07, 6.45) is 2.77. The number of likely N-dealkylation sites (N-methyl/N-ethyl adjacent to an activating group) is 1. The lowest BCUT2D eigenvalue weighted by molar-refractivity contribution is 0.166. The molecule has 2 heterocycles. The zero-order valence-corrected chi connectivity index (χ0v) is 18.5. The molecule has 164 valence electrons. The second-order valence-electron chi connectivity index (χ2n) is 7.95. The highest BCUT2D eigenvalue weighted by Gasteiger charge is 2.18. The van der Waals surface area contributed by atoms with E-state index < -0.39 is 0 Å². The van der Waals surface area contributed by atoms with E-state index in [1.165, 1.54) is 5.56 Å². The highest BCUT2D eigenvalue weighted by molar-refractivity contribution is 5.79. The molecule has 1 aliphatic heterocycles. The molecule has 7 nitrogen and oxygen atoms in total. The molecule has 30 heavy (non-hydrogen) atoms. The summed E-state index contributed by atoms with van der Waals surface area (Å²) in [7, 11) is 5.85. The number of aliphatic imine (C=N–C) groups is 1. The first-order valence-electron chi connectivity index (χ1n) is 10.5. The molecule has 0 bridgehead atoms. The lowest BCUT2D eigenvalue weighted by Gasteiger charge is -2.24. The number of hydrogen-bond donors (Lipinski definition) is 2. The minimum atomic E-state index is 0.116. The standard InChI is InChI=1S/C23H34N4O3/c1-17-7-8-19(22(12-17)30-16-18-9-11-28-15-18)13-25-23(24-2)26-14-20(27(3)4)21-6-5-10-29-21/h5-8,10,12,18,20H,9,11,13-16H2,1-4H3,(H2,24,25,26). The quantitative estimate of drug-likeness (QED) is 0.486. The number of guanidine groups is 1. The highest BCUT2D eigenvalue weighted by atomic mass is 16.5. The van der Waals surface area contributed by atoms with E-state index in [0.29, 0.717) is 25.6 Å². The fourth-order valence-electron chi connectivity index (χ4n) is 3.48. The number of hydrogen-bond acceptors (Lipinski definition) is 5. The van der Waals surface area contributed by atoms with Gasteiger partial charge >= 0.3 is 0 Å². The van der Waals surface area contributed by atoms with E-state index in [4.69, 9.17) is 13.9 Å². The summed E-state index contributed by atoms with van der Waals surface area (Å²) in [6.45, 7) is 5.71. The van der Waals surface area contributed by atoms with Crippen molar-refractivity contribution in [1.29, 1.82) is 0 Å². The number of ether oxygens (including phenoxy) is 2. The zero-order valence-electron chi connectivity index (χ0n) is 18.5. The molecule has 0 radical (unpaired) electrons. The Kier molecular flexibility index (Phi) is 8.16. The van der Waals surface area contributed by atoms with Crippen LogP contribution in [-0.2, 0) is 11.3 Å². The van der Waals surface area contributed by atoms with Gasteiger partial charge in [-0.3, -0.25) is 9.89 Å². The van der Waals surface area contributed by atoms with E-state index in [2.05, 4.69) is 45.6 Å². The Hall–Kier alpha value is -2.51. The molecule has 2 atom stereocenters. The van der Waals surface area contributed by atoms with E-state index in [1.54, 1.807) is 13.3 Å². The molecule has 7 heteroatoms. The van der Waals surface area contributed by atoms with Gasteiger partial charge in [0.25, 0.3) is 0 Å². The van der Waals surface area contributed by atoms with Gasteiger partial charge in [0.05, 0.1) is 25.5 Å². The lowest BCUT2D eigenvalue weighted by Crippen LogP contribution is -2.41. The van der Waals surface area contributed by atoms with Crippen molar-refractivity contribution in [3.63, 3.8) is 0 Å². The highest BCUT2D eigenvalue weighted by Crippen LogP contribution is 2.23. The monoisotopic (exact) mass is 414 g/mol. The van der Waals surface area contributed by atoms with E-state index >= 15 is 0 Å². The summed E-state index contributed by atoms with van der Waals surface area (Å²) >= 11 is 0. The van der Waals surface area contributed by atoms with Gasteiger partial charge in [-0.25, -0.2) is 0 Å². The molecular weight excluding hydrogens is 380 g/mol. The van der Waals surface area contributed by atoms with Crippen LogP contribution in [0.2, 0.25) is 0 Å². The molecule has 0 spiro atoms. The fourth-order valence-corrected chi connectivity index (χ4v) is 3.48. The van der Waals surface area contributed by atoms with Crippen LogP contribution in [0.15, 0.2) is 46.0 Å². The van der Waals surface area contributed by atoms with Crippen molar-refractivity contribution in [2.75, 3.05) is 47.5 Å². The van der Waals surface area contributed by atoms with Crippen molar-refractivity contribution >= 4 is 5.96 Å². The third-order valence-corrected chi connectivity index (χ3v) is 5.35. The molecule has 1 fully saturated rings. The largest absolute Gasteiger partial charge is 0.493 e. The average Bonchev–Trinajstić information content (AvgIpc) is 3.44. The number of nitrogens with one attached hydrogen (secondary N) is 2. The summed E-state index contributed by atoms with van der Waals surface area (Å²) in [5.41, 5.74) is 2.30. The Morgan fingerprint density at radius 2 is 2.17 bits per heavy atom. The fraction of sp³-hybridized carbons (Fsp3) is 0.522. The maximum atomic E-state index is 6.15. The smallest absolute Gasteiger partial charge is 0.191 e. The van der Waals surface area contributed by atoms with Gasteiger partial charge in [0.2, 0.25) is 0 Å². The molecule has 2 N–H and O–H groups in total. The van der Waals surface area contributed by atoms with Crippen molar-refractivity contribution in [2.24, 2.45) is 10.9 Å². The van der Waals surface area contributed by atoms with E-state index in [0.717, 1.165) is 42.7 Å². The van der Waals surface area contributed by atoms with Gasteiger partial charge in [0.1, 0.15) is 11.5 Å². The van der Waals surface area contributed by atoms with Crippen LogP contribution in [0.4, 0.5) is 0 Å². The Balaban J connectivity index is 1.56. The SMILES string of the molecule is CN=C(NCc1ccc(C)cc1OCC1CCOC1)NCC(c1ccco1)N(C)C. The topological polar surface area (TPSA) is 71.3 Å². The maximum absolute atomic E-state index is 6.15. The molecule has 0 saturated carbocycles. The van der Waals surface area contributed by atoms with Crippen LogP contribution in [0.25, 0.3) is 0 Å². The Morgan fingerprint density at radius 3 is 2.83 bits per heavy atom. The van der Waals surface area contributed by atoms with Gasteiger partial charge in [-0.2, -0.15) is 0 Å². The van der Waals surface area contributed by atoms with Gasteiger partial charge in [-0.1, -0.05) is 12.1 Å². The molecule has 2 aromatic rings. The molecule has 0 aliphatic carbocycles.